The largest absolute Gasteiger partial charge is 0.480 e. The molecule has 0 aromatic carbocycles. The maximum atomic E-state index is 10.4. The first kappa shape index (κ1) is 22.0. The van der Waals surface area contributed by atoms with Gasteiger partial charge in [-0.2, -0.15) is 0 Å². The molecule has 0 spiro atoms. The first-order chi connectivity index (χ1) is 7.07. The molecular weight excluding hydrogens is 285 g/mol. The van der Waals surface area contributed by atoms with Crippen molar-refractivity contribution in [2.75, 3.05) is 12.8 Å². The van der Waals surface area contributed by atoms with Gasteiger partial charge in [0.2, 0.25) is 0 Å². The van der Waals surface area contributed by atoms with Crippen molar-refractivity contribution in [1.29, 1.82) is 0 Å². The number of hydrogen-bond acceptors (Lipinski definition) is 4. The Morgan fingerprint density at radius 3 is 2.53 bits per heavy atom. The van der Waals surface area contributed by atoms with E-state index in [-0.39, 0.29) is 24.8 Å². The average molecular weight is 306 g/mol. The number of carbonyl (C=O) groups is 1. The van der Waals surface area contributed by atoms with E-state index >= 15 is 0 Å². The van der Waals surface area contributed by atoms with E-state index in [1.54, 1.807) is 0 Å². The van der Waals surface area contributed by atoms with Crippen LogP contribution in [0.1, 0.15) is 26.2 Å². The highest BCUT2D eigenvalue weighted by molar-refractivity contribution is 7.97. The summed E-state index contributed by atoms with van der Waals surface area (Å²) in [6, 6.07) is -0.737. The number of halogens is 2. The van der Waals surface area contributed by atoms with Crippen LogP contribution in [0.15, 0.2) is 4.99 Å². The van der Waals surface area contributed by atoms with Crippen LogP contribution >= 0.6 is 36.8 Å². The Morgan fingerprint density at radius 1 is 1.47 bits per heavy atom. The van der Waals surface area contributed by atoms with Gasteiger partial charge in [0, 0.05) is 12.8 Å². The highest BCUT2D eigenvalue weighted by atomic mass is 35.5. The van der Waals surface area contributed by atoms with Gasteiger partial charge in [-0.25, -0.2) is 0 Å². The third kappa shape index (κ3) is 13.8. The summed E-state index contributed by atoms with van der Waals surface area (Å²) in [4.78, 5) is 14.6. The van der Waals surface area contributed by atoms with Gasteiger partial charge in [0.05, 0.1) is 0 Å². The molecule has 8 heteroatoms. The van der Waals surface area contributed by atoms with Crippen molar-refractivity contribution in [2.24, 2.45) is 10.7 Å². The molecule has 104 valence electrons. The van der Waals surface area contributed by atoms with Gasteiger partial charge in [-0.1, -0.05) is 11.9 Å². The van der Waals surface area contributed by atoms with E-state index in [0.29, 0.717) is 13.0 Å². The second-order valence-electron chi connectivity index (χ2n) is 3.21. The molecule has 0 amide bonds. The highest BCUT2D eigenvalue weighted by Gasteiger charge is 2.09. The number of aliphatic imine (C=N–C) groups is 1. The molecule has 0 aliphatic carbocycles. The fourth-order valence-corrected chi connectivity index (χ4v) is 1.39. The number of nitrogens with zero attached hydrogens (tertiary/aromatic N) is 1. The van der Waals surface area contributed by atoms with Gasteiger partial charge in [-0.15, -0.1) is 24.8 Å². The van der Waals surface area contributed by atoms with Crippen LogP contribution in [-0.2, 0) is 4.79 Å². The predicted molar refractivity (Wildman–Crippen MR) is 78.6 cm³/mol. The number of amidine groups is 1. The van der Waals surface area contributed by atoms with Crippen LogP contribution < -0.4 is 10.5 Å². The molecule has 0 aromatic heterocycles. The van der Waals surface area contributed by atoms with Crippen molar-refractivity contribution in [3.8, 4) is 0 Å². The molecule has 0 saturated heterocycles. The van der Waals surface area contributed by atoms with Crippen molar-refractivity contribution in [1.82, 2.24) is 4.72 Å². The first-order valence-electron chi connectivity index (χ1n) is 4.86. The van der Waals surface area contributed by atoms with Gasteiger partial charge in [0.25, 0.3) is 0 Å². The van der Waals surface area contributed by atoms with E-state index < -0.39 is 12.0 Å². The third-order valence-corrected chi connectivity index (χ3v) is 2.34. The normalized spacial score (nSPS) is 12.1. The van der Waals surface area contributed by atoms with Crippen molar-refractivity contribution < 1.29 is 9.90 Å². The molecule has 0 saturated carbocycles. The van der Waals surface area contributed by atoms with Crippen LogP contribution in [0.2, 0.25) is 0 Å². The second kappa shape index (κ2) is 13.9. The summed E-state index contributed by atoms with van der Waals surface area (Å²) in [5.41, 5.74) is 5.36. The number of rotatable bonds is 7. The van der Waals surface area contributed by atoms with Gasteiger partial charge >= 0.3 is 5.97 Å². The lowest BCUT2D eigenvalue weighted by Gasteiger charge is -2.05. The van der Waals surface area contributed by atoms with Crippen LogP contribution in [0.3, 0.4) is 0 Å². The SMILES string of the molecule is CSNC(C)=NCCCC[C@H](N)C(=O)O.Cl.Cl. The molecule has 5 nitrogen and oxygen atoms in total. The zero-order chi connectivity index (χ0) is 11.7. The lowest BCUT2D eigenvalue weighted by Crippen LogP contribution is -2.29. The third-order valence-electron chi connectivity index (χ3n) is 1.84. The van der Waals surface area contributed by atoms with Crippen LogP contribution in [0.5, 0.6) is 0 Å². The molecule has 1 atom stereocenters. The van der Waals surface area contributed by atoms with Crippen LogP contribution in [0.25, 0.3) is 0 Å². The molecule has 4 N–H and O–H groups in total. The van der Waals surface area contributed by atoms with E-state index in [4.69, 9.17) is 10.8 Å². The quantitative estimate of drug-likeness (QED) is 0.288. The Labute approximate surface area is 119 Å². The summed E-state index contributed by atoms with van der Waals surface area (Å²) in [5.74, 6) is -0.0382. The van der Waals surface area contributed by atoms with Crippen molar-refractivity contribution in [2.45, 2.75) is 32.2 Å². The first-order valence-corrected chi connectivity index (χ1v) is 6.08. The predicted octanol–water partition coefficient (Wildman–Crippen LogP) is 1.70. The second-order valence-corrected chi connectivity index (χ2v) is 3.83. The minimum atomic E-state index is -0.932. The fourth-order valence-electron chi connectivity index (χ4n) is 1.03. The molecule has 0 fully saturated rings. The summed E-state index contributed by atoms with van der Waals surface area (Å²) in [6.07, 6.45) is 4.11. The summed E-state index contributed by atoms with van der Waals surface area (Å²) >= 11 is 1.50. The number of unbranched alkanes of at least 4 members (excludes halogenated alkanes) is 1. The van der Waals surface area contributed by atoms with Crippen LogP contribution in [-0.4, -0.2) is 35.8 Å². The number of hydrogen-bond donors (Lipinski definition) is 3. The van der Waals surface area contributed by atoms with E-state index in [2.05, 4.69) is 9.71 Å². The van der Waals surface area contributed by atoms with Crippen LogP contribution in [0.4, 0.5) is 0 Å². The Hall–Kier alpha value is -0.170. The monoisotopic (exact) mass is 305 g/mol. The van der Waals surface area contributed by atoms with Crippen molar-refractivity contribution in [3.63, 3.8) is 0 Å². The zero-order valence-corrected chi connectivity index (χ0v) is 12.5. The Balaban J connectivity index is -0.000000980. The molecule has 0 aliphatic heterocycles. The molecule has 0 aromatic rings. The Morgan fingerprint density at radius 2 is 2.06 bits per heavy atom. The molecule has 0 unspecified atom stereocenters. The number of aliphatic carboxylic acids is 1. The molecule has 0 heterocycles. The minimum absolute atomic E-state index is 0. The maximum absolute atomic E-state index is 10.4. The number of carboxylic acids is 1. The summed E-state index contributed by atoms with van der Waals surface area (Å²) in [6.45, 7) is 2.62. The molecule has 0 bridgehead atoms. The zero-order valence-electron chi connectivity index (χ0n) is 10.0. The summed E-state index contributed by atoms with van der Waals surface area (Å²) in [7, 11) is 0. The van der Waals surface area contributed by atoms with Gasteiger partial charge in [-0.05, 0) is 26.2 Å². The van der Waals surface area contributed by atoms with Crippen molar-refractivity contribution in [3.05, 3.63) is 0 Å². The van der Waals surface area contributed by atoms with E-state index in [0.717, 1.165) is 18.7 Å². The Kier molecular flexibility index (Phi) is 18.0. The molecule has 17 heavy (non-hydrogen) atoms. The van der Waals surface area contributed by atoms with E-state index in [1.807, 2.05) is 13.2 Å². The van der Waals surface area contributed by atoms with Gasteiger partial charge < -0.3 is 15.6 Å². The Bertz CT molecular complexity index is 230. The lowest BCUT2D eigenvalue weighted by molar-refractivity contribution is -0.138. The lowest BCUT2D eigenvalue weighted by atomic mass is 10.1. The molecule has 0 radical (unpaired) electrons. The number of carboxylic acid groups (broad SMARTS) is 1. The minimum Gasteiger partial charge on any atom is -0.480 e. The van der Waals surface area contributed by atoms with E-state index in [9.17, 15) is 4.79 Å². The molecule has 0 aliphatic rings. The van der Waals surface area contributed by atoms with Gasteiger partial charge in [0.15, 0.2) is 0 Å². The van der Waals surface area contributed by atoms with Gasteiger partial charge in [-0.3, -0.25) is 9.79 Å². The summed E-state index contributed by atoms with van der Waals surface area (Å²) in [5, 5.41) is 8.53. The smallest absolute Gasteiger partial charge is 0.320 e. The van der Waals surface area contributed by atoms with Crippen LogP contribution in [0, 0.1) is 0 Å². The maximum Gasteiger partial charge on any atom is 0.320 e. The fraction of sp³-hybridized carbons (Fsp3) is 0.778. The van der Waals surface area contributed by atoms with Crippen molar-refractivity contribution >= 4 is 48.6 Å². The average Bonchev–Trinajstić information content (AvgIpc) is 2.17. The standard InChI is InChI=1S/C9H19N3O2S.2ClH/c1-7(12-15-2)11-6-4-3-5-8(10)9(13)14;;/h8H,3-6,10H2,1-2H3,(H,11,12)(H,13,14);2*1H/t8-;;/m0../s1. The topological polar surface area (TPSA) is 87.7 Å². The number of nitrogens with two attached hydrogens (primary N) is 1. The van der Waals surface area contributed by atoms with E-state index in [1.165, 1.54) is 11.9 Å². The molecule has 0 rings (SSSR count). The number of nitrogens with one attached hydrogen (secondary N) is 1. The molecular formula is C9H21Cl2N3O2S. The highest BCUT2D eigenvalue weighted by Crippen LogP contribution is 1.99. The van der Waals surface area contributed by atoms with Gasteiger partial charge in [0.1, 0.15) is 11.9 Å². The summed E-state index contributed by atoms with van der Waals surface area (Å²) < 4.78 is 3.01.